The smallest absolute Gasteiger partial charge is 0.360 e. The van der Waals surface area contributed by atoms with Crippen LogP contribution in [0.5, 0.6) is 0 Å². The van der Waals surface area contributed by atoms with Crippen LogP contribution in [0, 0.1) is 0 Å². The molecular weight excluding hydrogens is 367 g/mol. The Labute approximate surface area is 116 Å². The van der Waals surface area contributed by atoms with Crippen LogP contribution in [-0.4, -0.2) is 16.7 Å². The quantitative estimate of drug-likeness (QED) is 0.541. The van der Waals surface area contributed by atoms with Crippen molar-refractivity contribution in [3.63, 3.8) is 0 Å². The van der Waals surface area contributed by atoms with Gasteiger partial charge >= 0.3 is 6.18 Å². The molecule has 1 aromatic carbocycles. The fourth-order valence-corrected chi connectivity index (χ4v) is 2.19. The maximum Gasteiger partial charge on any atom is 0.414 e. The summed E-state index contributed by atoms with van der Waals surface area (Å²) in [4.78, 5) is 0. The molecule has 0 N–H and O–H groups in total. The standard InChI is InChI=1S/C11H11ClF3IO/c1-7(11(13,14)15)17-10(6-16)8-4-2-3-5-9(8)12/h2-5,7,10H,6H2,1H3. The van der Waals surface area contributed by atoms with Crippen molar-refractivity contribution in [2.24, 2.45) is 0 Å². The Kier molecular flexibility index (Phi) is 5.53. The van der Waals surface area contributed by atoms with E-state index in [2.05, 4.69) is 0 Å². The van der Waals surface area contributed by atoms with Gasteiger partial charge in [-0.05, 0) is 13.0 Å². The molecule has 1 aromatic rings. The summed E-state index contributed by atoms with van der Waals surface area (Å²) in [6, 6.07) is 6.76. The first-order chi connectivity index (χ1) is 7.86. The molecule has 0 bridgehead atoms. The van der Waals surface area contributed by atoms with E-state index in [0.29, 0.717) is 15.0 Å². The molecule has 0 aliphatic rings. The number of benzene rings is 1. The van der Waals surface area contributed by atoms with Gasteiger partial charge in [0, 0.05) is 15.0 Å². The molecule has 1 nitrogen and oxygen atoms in total. The first-order valence-electron chi connectivity index (χ1n) is 4.88. The van der Waals surface area contributed by atoms with Gasteiger partial charge in [-0.15, -0.1) is 0 Å². The van der Waals surface area contributed by atoms with Crippen LogP contribution in [0.4, 0.5) is 13.2 Å². The van der Waals surface area contributed by atoms with Gasteiger partial charge in [-0.2, -0.15) is 13.2 Å². The number of ether oxygens (including phenoxy) is 1. The Balaban J connectivity index is 2.83. The van der Waals surface area contributed by atoms with Crippen LogP contribution in [0.15, 0.2) is 24.3 Å². The maximum absolute atomic E-state index is 12.4. The van der Waals surface area contributed by atoms with Crippen molar-refractivity contribution in [1.82, 2.24) is 0 Å². The first-order valence-corrected chi connectivity index (χ1v) is 6.79. The van der Waals surface area contributed by atoms with Gasteiger partial charge in [0.15, 0.2) is 6.10 Å². The first kappa shape index (κ1) is 15.0. The molecule has 0 fully saturated rings. The molecule has 17 heavy (non-hydrogen) atoms. The van der Waals surface area contributed by atoms with Crippen molar-refractivity contribution in [3.8, 4) is 0 Å². The predicted octanol–water partition coefficient (Wildman–Crippen LogP) is 4.78. The van der Waals surface area contributed by atoms with Crippen molar-refractivity contribution in [3.05, 3.63) is 34.9 Å². The summed E-state index contributed by atoms with van der Waals surface area (Å²) in [5.41, 5.74) is 0.583. The molecule has 0 radical (unpaired) electrons. The monoisotopic (exact) mass is 378 g/mol. The van der Waals surface area contributed by atoms with Gasteiger partial charge in [0.2, 0.25) is 0 Å². The number of rotatable bonds is 4. The van der Waals surface area contributed by atoms with E-state index in [1.807, 2.05) is 22.6 Å². The second-order valence-corrected chi connectivity index (χ2v) is 4.77. The average Bonchev–Trinajstić information content (AvgIpc) is 2.25. The topological polar surface area (TPSA) is 9.23 Å². The van der Waals surface area contributed by atoms with Crippen molar-refractivity contribution in [2.45, 2.75) is 25.3 Å². The Bertz CT molecular complexity index is 370. The molecule has 0 saturated carbocycles. The highest BCUT2D eigenvalue weighted by Gasteiger charge is 2.38. The highest BCUT2D eigenvalue weighted by molar-refractivity contribution is 14.1. The van der Waals surface area contributed by atoms with Gasteiger partial charge < -0.3 is 4.74 Å². The lowest BCUT2D eigenvalue weighted by atomic mass is 10.1. The average molecular weight is 379 g/mol. The third-order valence-electron chi connectivity index (χ3n) is 2.22. The van der Waals surface area contributed by atoms with Crippen molar-refractivity contribution in [2.75, 3.05) is 4.43 Å². The molecular formula is C11H11ClF3IO. The lowest BCUT2D eigenvalue weighted by Gasteiger charge is -2.23. The lowest BCUT2D eigenvalue weighted by molar-refractivity contribution is -0.225. The van der Waals surface area contributed by atoms with Crippen LogP contribution in [0.1, 0.15) is 18.6 Å². The second kappa shape index (κ2) is 6.24. The van der Waals surface area contributed by atoms with Crippen LogP contribution in [-0.2, 0) is 4.74 Å². The molecule has 0 aliphatic carbocycles. The third-order valence-corrected chi connectivity index (χ3v) is 3.37. The summed E-state index contributed by atoms with van der Waals surface area (Å²) in [7, 11) is 0. The minimum Gasteiger partial charge on any atom is -0.360 e. The molecule has 0 aromatic heterocycles. The zero-order valence-corrected chi connectivity index (χ0v) is 11.9. The summed E-state index contributed by atoms with van der Waals surface area (Å²) in [6.45, 7) is 0.996. The van der Waals surface area contributed by atoms with E-state index in [-0.39, 0.29) is 0 Å². The fraction of sp³-hybridized carbons (Fsp3) is 0.455. The normalized spacial score (nSPS) is 15.6. The molecule has 0 amide bonds. The second-order valence-electron chi connectivity index (χ2n) is 3.48. The molecule has 1 rings (SSSR count). The van der Waals surface area contributed by atoms with E-state index in [4.69, 9.17) is 16.3 Å². The molecule has 2 atom stereocenters. The minimum atomic E-state index is -4.36. The van der Waals surface area contributed by atoms with E-state index in [0.717, 1.165) is 6.92 Å². The molecule has 6 heteroatoms. The largest absolute Gasteiger partial charge is 0.414 e. The number of alkyl halides is 4. The van der Waals surface area contributed by atoms with Crippen LogP contribution < -0.4 is 0 Å². The Morgan fingerprint density at radius 2 is 1.94 bits per heavy atom. The SMILES string of the molecule is CC(OC(CI)c1ccccc1Cl)C(F)(F)F. The van der Waals surface area contributed by atoms with E-state index in [9.17, 15) is 13.2 Å². The van der Waals surface area contributed by atoms with Crippen molar-refractivity contribution in [1.29, 1.82) is 0 Å². The predicted molar refractivity (Wildman–Crippen MR) is 69.7 cm³/mol. The highest BCUT2D eigenvalue weighted by Crippen LogP contribution is 2.32. The number of hydrogen-bond donors (Lipinski definition) is 0. The summed E-state index contributed by atoms with van der Waals surface area (Å²) in [5.74, 6) is 0. The summed E-state index contributed by atoms with van der Waals surface area (Å²) in [5, 5.41) is 0.420. The highest BCUT2D eigenvalue weighted by atomic mass is 127. The van der Waals surface area contributed by atoms with Crippen LogP contribution in [0.3, 0.4) is 0 Å². The van der Waals surface area contributed by atoms with Gasteiger partial charge in [0.05, 0.1) is 6.10 Å². The molecule has 2 unspecified atom stereocenters. The van der Waals surface area contributed by atoms with Gasteiger partial charge in [-0.25, -0.2) is 0 Å². The number of halogens is 5. The third kappa shape index (κ3) is 4.30. The van der Waals surface area contributed by atoms with Gasteiger partial charge in [-0.3, -0.25) is 0 Å². The Morgan fingerprint density at radius 3 is 2.41 bits per heavy atom. The lowest BCUT2D eigenvalue weighted by Crippen LogP contribution is -2.30. The maximum atomic E-state index is 12.4. The van der Waals surface area contributed by atoms with E-state index >= 15 is 0 Å². The molecule has 0 heterocycles. The molecule has 0 spiro atoms. The Morgan fingerprint density at radius 1 is 1.35 bits per heavy atom. The van der Waals surface area contributed by atoms with E-state index in [1.165, 1.54) is 0 Å². The van der Waals surface area contributed by atoms with Gasteiger partial charge in [-0.1, -0.05) is 52.4 Å². The van der Waals surface area contributed by atoms with E-state index in [1.54, 1.807) is 24.3 Å². The van der Waals surface area contributed by atoms with Crippen LogP contribution >= 0.6 is 34.2 Å². The number of hydrogen-bond acceptors (Lipinski definition) is 1. The fourth-order valence-electron chi connectivity index (χ4n) is 1.25. The van der Waals surface area contributed by atoms with Crippen molar-refractivity contribution >= 4 is 34.2 Å². The Hall–Kier alpha value is -0.0100. The van der Waals surface area contributed by atoms with Gasteiger partial charge in [0.1, 0.15) is 0 Å². The van der Waals surface area contributed by atoms with Gasteiger partial charge in [0.25, 0.3) is 0 Å². The summed E-state index contributed by atoms with van der Waals surface area (Å²) < 4.78 is 42.6. The molecule has 0 saturated heterocycles. The zero-order chi connectivity index (χ0) is 13.1. The minimum absolute atomic E-state index is 0.405. The summed E-state index contributed by atoms with van der Waals surface area (Å²) >= 11 is 7.91. The van der Waals surface area contributed by atoms with Crippen LogP contribution in [0.2, 0.25) is 5.02 Å². The zero-order valence-electron chi connectivity index (χ0n) is 8.97. The summed E-state index contributed by atoms with van der Waals surface area (Å²) in [6.07, 6.45) is -6.81. The molecule has 96 valence electrons. The van der Waals surface area contributed by atoms with Crippen molar-refractivity contribution < 1.29 is 17.9 Å². The van der Waals surface area contributed by atoms with E-state index < -0.39 is 18.4 Å². The van der Waals surface area contributed by atoms with Crippen LogP contribution in [0.25, 0.3) is 0 Å². The molecule has 0 aliphatic heterocycles.